The van der Waals surface area contributed by atoms with Crippen LogP contribution in [0.1, 0.15) is 50.3 Å². The molecule has 0 heterocycles. The molecular formula is C36H43N3O9. The Morgan fingerprint density at radius 3 is 1.73 bits per heavy atom. The first-order chi connectivity index (χ1) is 23.0. The lowest BCUT2D eigenvalue weighted by atomic mass is 10.1. The highest BCUT2D eigenvalue weighted by Gasteiger charge is 2.27. The van der Waals surface area contributed by atoms with Crippen LogP contribution < -0.4 is 16.0 Å². The molecule has 3 aromatic carbocycles. The molecule has 3 amide bonds. The molecule has 3 rings (SSSR count). The molecule has 0 bridgehead atoms. The van der Waals surface area contributed by atoms with Gasteiger partial charge in [0.1, 0.15) is 30.9 Å². The molecule has 0 aromatic heterocycles. The highest BCUT2D eigenvalue weighted by atomic mass is 16.6. The van der Waals surface area contributed by atoms with Crippen LogP contribution in [0.15, 0.2) is 91.0 Å². The third-order valence-corrected chi connectivity index (χ3v) is 6.55. The van der Waals surface area contributed by atoms with Crippen LogP contribution in [0.25, 0.3) is 0 Å². The summed E-state index contributed by atoms with van der Waals surface area (Å²) >= 11 is 0. The molecule has 256 valence electrons. The van der Waals surface area contributed by atoms with Crippen molar-refractivity contribution in [1.29, 1.82) is 0 Å². The summed E-state index contributed by atoms with van der Waals surface area (Å²) in [5.41, 5.74) is 1.60. The zero-order valence-corrected chi connectivity index (χ0v) is 27.4. The maximum Gasteiger partial charge on any atom is 0.408 e. The van der Waals surface area contributed by atoms with E-state index in [2.05, 4.69) is 16.0 Å². The van der Waals surface area contributed by atoms with E-state index >= 15 is 0 Å². The smallest absolute Gasteiger partial charge is 0.408 e. The standard InChI is InChI=1S/C36H43N3O9/c1-36(2,3)48-35(44)39-30(25-45-22-26-13-7-4-8-14-26)33(42)37-21-31(40)38-29(34(43)47-24-28-17-11-6-12-18-28)19-20-32(41)46-23-27-15-9-5-10-16-27/h4-18,29-30H,19-25H2,1-3H3,(H,37,42)(H,38,40)(H,39,44)/t29-,30-/m0/s1. The van der Waals surface area contributed by atoms with Crippen molar-refractivity contribution in [2.75, 3.05) is 13.2 Å². The number of nitrogens with one attached hydrogen (secondary N) is 3. The number of hydrogen-bond donors (Lipinski definition) is 3. The Hall–Kier alpha value is -5.23. The maximum atomic E-state index is 13.1. The minimum Gasteiger partial charge on any atom is -0.461 e. The second-order valence-electron chi connectivity index (χ2n) is 11.8. The van der Waals surface area contributed by atoms with Crippen molar-refractivity contribution in [3.05, 3.63) is 108 Å². The number of amides is 3. The van der Waals surface area contributed by atoms with Gasteiger partial charge >= 0.3 is 18.0 Å². The van der Waals surface area contributed by atoms with Crippen molar-refractivity contribution >= 4 is 29.8 Å². The van der Waals surface area contributed by atoms with Crippen molar-refractivity contribution in [2.24, 2.45) is 0 Å². The molecule has 0 saturated carbocycles. The summed E-state index contributed by atoms with van der Waals surface area (Å²) in [7, 11) is 0. The average Bonchev–Trinajstić information content (AvgIpc) is 3.07. The van der Waals surface area contributed by atoms with E-state index in [1.165, 1.54) is 0 Å². The lowest BCUT2D eigenvalue weighted by molar-refractivity contribution is -0.150. The van der Waals surface area contributed by atoms with Crippen molar-refractivity contribution in [1.82, 2.24) is 16.0 Å². The second-order valence-corrected chi connectivity index (χ2v) is 11.8. The molecule has 12 nitrogen and oxygen atoms in total. The first-order valence-electron chi connectivity index (χ1n) is 15.6. The average molecular weight is 662 g/mol. The summed E-state index contributed by atoms with van der Waals surface area (Å²) < 4.78 is 21.7. The van der Waals surface area contributed by atoms with Crippen LogP contribution >= 0.6 is 0 Å². The normalized spacial score (nSPS) is 12.1. The summed E-state index contributed by atoms with van der Waals surface area (Å²) in [6.07, 6.45) is -1.11. The predicted molar refractivity (Wildman–Crippen MR) is 176 cm³/mol. The predicted octanol–water partition coefficient (Wildman–Crippen LogP) is 3.96. The van der Waals surface area contributed by atoms with Crippen LogP contribution in [-0.2, 0) is 57.9 Å². The quantitative estimate of drug-likeness (QED) is 0.144. The van der Waals surface area contributed by atoms with Crippen LogP contribution in [0.3, 0.4) is 0 Å². The van der Waals surface area contributed by atoms with Gasteiger partial charge in [-0.2, -0.15) is 0 Å². The highest BCUT2D eigenvalue weighted by Crippen LogP contribution is 2.09. The Bertz CT molecular complexity index is 1460. The Kier molecular flexibility index (Phi) is 15.1. The molecule has 0 aliphatic heterocycles. The Morgan fingerprint density at radius 2 is 1.19 bits per heavy atom. The Morgan fingerprint density at radius 1 is 0.667 bits per heavy atom. The SMILES string of the molecule is CC(C)(C)OC(=O)N[C@@H](COCc1ccccc1)C(=O)NCC(=O)N[C@@H](CCC(=O)OCc1ccccc1)C(=O)OCc1ccccc1. The van der Waals surface area contributed by atoms with Gasteiger partial charge < -0.3 is 34.9 Å². The number of carbonyl (C=O) groups is 5. The van der Waals surface area contributed by atoms with Gasteiger partial charge in [0.05, 0.1) is 19.8 Å². The minimum absolute atomic E-state index is 0.0395. The van der Waals surface area contributed by atoms with E-state index in [1.54, 1.807) is 45.0 Å². The number of benzene rings is 3. The lowest BCUT2D eigenvalue weighted by Gasteiger charge is -2.23. The molecule has 12 heteroatoms. The van der Waals surface area contributed by atoms with Crippen molar-refractivity contribution in [2.45, 2.75) is 71.1 Å². The summed E-state index contributed by atoms with van der Waals surface area (Å²) in [6, 6.07) is 25.0. The van der Waals surface area contributed by atoms with Crippen molar-refractivity contribution in [3.63, 3.8) is 0 Å². The highest BCUT2D eigenvalue weighted by molar-refractivity contribution is 5.91. The number of hydrogen-bond acceptors (Lipinski definition) is 9. The topological polar surface area (TPSA) is 158 Å². The molecule has 3 N–H and O–H groups in total. The third-order valence-electron chi connectivity index (χ3n) is 6.55. The van der Waals surface area contributed by atoms with Gasteiger partial charge in [0, 0.05) is 6.42 Å². The summed E-state index contributed by atoms with van der Waals surface area (Å²) in [4.78, 5) is 63.9. The van der Waals surface area contributed by atoms with E-state index in [-0.39, 0.29) is 39.3 Å². The van der Waals surface area contributed by atoms with E-state index in [0.717, 1.165) is 16.7 Å². The number of carbonyl (C=O) groups excluding carboxylic acids is 5. The van der Waals surface area contributed by atoms with Gasteiger partial charge in [0.25, 0.3) is 0 Å². The third kappa shape index (κ3) is 14.9. The fraction of sp³-hybridized carbons (Fsp3) is 0.361. The van der Waals surface area contributed by atoms with E-state index in [9.17, 15) is 24.0 Å². The molecule has 0 fully saturated rings. The first kappa shape index (κ1) is 37.2. The van der Waals surface area contributed by atoms with Crippen LogP contribution in [0, 0.1) is 0 Å². The molecule has 3 aromatic rings. The Labute approximate surface area is 280 Å². The molecular weight excluding hydrogens is 618 g/mol. The van der Waals surface area contributed by atoms with Gasteiger partial charge in [-0.15, -0.1) is 0 Å². The van der Waals surface area contributed by atoms with Gasteiger partial charge in [0.2, 0.25) is 11.8 Å². The van der Waals surface area contributed by atoms with E-state index in [4.69, 9.17) is 18.9 Å². The molecule has 2 atom stereocenters. The molecule has 0 radical (unpaired) electrons. The van der Waals surface area contributed by atoms with Gasteiger partial charge in [-0.25, -0.2) is 9.59 Å². The zero-order valence-electron chi connectivity index (χ0n) is 27.4. The molecule has 0 unspecified atom stereocenters. The fourth-order valence-electron chi connectivity index (χ4n) is 4.19. The van der Waals surface area contributed by atoms with Gasteiger partial charge in [-0.3, -0.25) is 14.4 Å². The Balaban J connectivity index is 1.58. The minimum atomic E-state index is -1.20. The maximum absolute atomic E-state index is 13.1. The van der Waals surface area contributed by atoms with Crippen LogP contribution in [0.5, 0.6) is 0 Å². The van der Waals surface area contributed by atoms with Gasteiger partial charge in [-0.05, 0) is 43.9 Å². The lowest BCUT2D eigenvalue weighted by Crippen LogP contribution is -2.53. The summed E-state index contributed by atoms with van der Waals surface area (Å²) in [5.74, 6) is -2.75. The van der Waals surface area contributed by atoms with Crippen molar-refractivity contribution in [3.8, 4) is 0 Å². The molecule has 0 spiro atoms. The van der Waals surface area contributed by atoms with Gasteiger partial charge in [0.15, 0.2) is 0 Å². The number of esters is 2. The monoisotopic (exact) mass is 661 g/mol. The van der Waals surface area contributed by atoms with E-state index < -0.39 is 54.1 Å². The largest absolute Gasteiger partial charge is 0.461 e. The van der Waals surface area contributed by atoms with Crippen molar-refractivity contribution < 1.29 is 42.9 Å². The van der Waals surface area contributed by atoms with Crippen LogP contribution in [0.2, 0.25) is 0 Å². The molecule has 0 aliphatic rings. The molecule has 0 saturated heterocycles. The van der Waals surface area contributed by atoms with E-state index in [1.807, 2.05) is 66.7 Å². The zero-order chi connectivity index (χ0) is 34.8. The number of rotatable bonds is 17. The summed E-state index contributed by atoms with van der Waals surface area (Å²) in [6.45, 7) is 4.51. The number of ether oxygens (including phenoxy) is 4. The second kappa shape index (κ2) is 19.4. The first-order valence-corrected chi connectivity index (χ1v) is 15.6. The number of alkyl carbamates (subject to hydrolysis) is 1. The molecule has 48 heavy (non-hydrogen) atoms. The van der Waals surface area contributed by atoms with Crippen LogP contribution in [-0.4, -0.2) is 60.7 Å². The molecule has 0 aliphatic carbocycles. The summed E-state index contributed by atoms with van der Waals surface area (Å²) in [5, 5.41) is 7.47. The fourth-order valence-corrected chi connectivity index (χ4v) is 4.19. The van der Waals surface area contributed by atoms with E-state index in [0.29, 0.717) is 0 Å². The van der Waals surface area contributed by atoms with Crippen LogP contribution in [0.4, 0.5) is 4.79 Å². The van der Waals surface area contributed by atoms with Gasteiger partial charge in [-0.1, -0.05) is 91.0 Å².